The zero-order valence-corrected chi connectivity index (χ0v) is 5.68. The Morgan fingerprint density at radius 2 is 2.00 bits per heavy atom. The molecule has 2 atom stereocenters. The quantitative estimate of drug-likeness (QED) is 0.511. The summed E-state index contributed by atoms with van der Waals surface area (Å²) in [7, 11) is 0. The summed E-state index contributed by atoms with van der Waals surface area (Å²) in [5, 5.41) is 0. The fourth-order valence-corrected chi connectivity index (χ4v) is 1.08. The zero-order chi connectivity index (χ0) is 5.98. The SMILES string of the molecule is CCC[C@H]1O[C@@H]1CC. The predicted octanol–water partition coefficient (Wildman–Crippen LogP) is 1.96. The van der Waals surface area contributed by atoms with Crippen LogP contribution in [0.5, 0.6) is 0 Å². The van der Waals surface area contributed by atoms with Crippen LogP contribution in [0.3, 0.4) is 0 Å². The van der Waals surface area contributed by atoms with Crippen molar-refractivity contribution in [3.05, 3.63) is 0 Å². The fraction of sp³-hybridized carbons (Fsp3) is 1.00. The molecule has 0 saturated carbocycles. The van der Waals surface area contributed by atoms with Crippen LogP contribution in [0.2, 0.25) is 0 Å². The van der Waals surface area contributed by atoms with Gasteiger partial charge in [0.05, 0.1) is 12.2 Å². The monoisotopic (exact) mass is 114 g/mol. The molecule has 0 aromatic carbocycles. The lowest BCUT2D eigenvalue weighted by molar-refractivity contribution is 0.359. The van der Waals surface area contributed by atoms with Gasteiger partial charge in [-0.15, -0.1) is 0 Å². The number of hydrogen-bond acceptors (Lipinski definition) is 1. The van der Waals surface area contributed by atoms with Gasteiger partial charge < -0.3 is 4.74 Å². The van der Waals surface area contributed by atoms with Crippen LogP contribution in [-0.2, 0) is 4.74 Å². The van der Waals surface area contributed by atoms with Crippen molar-refractivity contribution in [3.8, 4) is 0 Å². The van der Waals surface area contributed by atoms with Crippen molar-refractivity contribution >= 4 is 0 Å². The van der Waals surface area contributed by atoms with E-state index >= 15 is 0 Å². The lowest BCUT2D eigenvalue weighted by atomic mass is 10.2. The Labute approximate surface area is 51.0 Å². The third-order valence-corrected chi connectivity index (χ3v) is 1.66. The highest BCUT2D eigenvalue weighted by atomic mass is 16.6. The molecule has 1 rings (SSSR count). The van der Waals surface area contributed by atoms with E-state index in [9.17, 15) is 0 Å². The van der Waals surface area contributed by atoms with Gasteiger partial charge in [-0.1, -0.05) is 20.3 Å². The Hall–Kier alpha value is -0.0400. The van der Waals surface area contributed by atoms with Gasteiger partial charge in [0, 0.05) is 0 Å². The largest absolute Gasteiger partial charge is 0.370 e. The molecule has 1 aliphatic rings. The van der Waals surface area contributed by atoms with Crippen molar-refractivity contribution in [2.24, 2.45) is 0 Å². The van der Waals surface area contributed by atoms with Crippen LogP contribution in [0.4, 0.5) is 0 Å². The van der Waals surface area contributed by atoms with E-state index in [-0.39, 0.29) is 0 Å². The molecule has 1 fully saturated rings. The smallest absolute Gasteiger partial charge is 0.0841 e. The standard InChI is InChI=1S/C7H14O/c1-3-5-7-6(4-2)8-7/h6-7H,3-5H2,1-2H3/t6-,7-/m1/s1. The maximum atomic E-state index is 5.31. The summed E-state index contributed by atoms with van der Waals surface area (Å²) < 4.78 is 5.31. The number of rotatable bonds is 3. The number of ether oxygens (including phenoxy) is 1. The molecule has 1 saturated heterocycles. The highest BCUT2D eigenvalue weighted by Gasteiger charge is 2.35. The van der Waals surface area contributed by atoms with E-state index in [4.69, 9.17) is 4.74 Å². The van der Waals surface area contributed by atoms with Crippen LogP contribution >= 0.6 is 0 Å². The topological polar surface area (TPSA) is 12.5 Å². The number of epoxide rings is 1. The molecular formula is C7H14O. The first-order valence-electron chi connectivity index (χ1n) is 3.54. The average molecular weight is 114 g/mol. The molecule has 1 heteroatoms. The van der Waals surface area contributed by atoms with E-state index in [1.165, 1.54) is 19.3 Å². The van der Waals surface area contributed by atoms with Gasteiger partial charge >= 0.3 is 0 Å². The van der Waals surface area contributed by atoms with Crippen molar-refractivity contribution in [1.29, 1.82) is 0 Å². The summed E-state index contributed by atoms with van der Waals surface area (Å²) in [6.07, 6.45) is 4.98. The first kappa shape index (κ1) is 6.09. The molecule has 0 aromatic rings. The first-order chi connectivity index (χ1) is 3.88. The van der Waals surface area contributed by atoms with Gasteiger partial charge in [-0.3, -0.25) is 0 Å². The van der Waals surface area contributed by atoms with Crippen molar-refractivity contribution in [3.63, 3.8) is 0 Å². The second kappa shape index (κ2) is 2.49. The lowest BCUT2D eigenvalue weighted by Crippen LogP contribution is -1.89. The Bertz CT molecular complexity index is 70.8. The van der Waals surface area contributed by atoms with Gasteiger partial charge in [0.15, 0.2) is 0 Å². The van der Waals surface area contributed by atoms with Crippen molar-refractivity contribution < 1.29 is 4.74 Å². The third kappa shape index (κ3) is 1.22. The predicted molar refractivity (Wildman–Crippen MR) is 33.9 cm³/mol. The molecule has 0 amide bonds. The summed E-state index contributed by atoms with van der Waals surface area (Å²) in [6.45, 7) is 4.38. The zero-order valence-electron chi connectivity index (χ0n) is 5.68. The van der Waals surface area contributed by atoms with Crippen LogP contribution in [-0.4, -0.2) is 12.2 Å². The minimum atomic E-state index is 0.620. The third-order valence-electron chi connectivity index (χ3n) is 1.66. The van der Waals surface area contributed by atoms with Gasteiger partial charge in [-0.25, -0.2) is 0 Å². The normalized spacial score (nSPS) is 35.2. The van der Waals surface area contributed by atoms with Crippen molar-refractivity contribution in [2.75, 3.05) is 0 Å². The molecule has 0 aromatic heterocycles. The second-order valence-electron chi connectivity index (χ2n) is 2.41. The molecule has 0 N–H and O–H groups in total. The van der Waals surface area contributed by atoms with Crippen LogP contribution in [0, 0.1) is 0 Å². The summed E-state index contributed by atoms with van der Waals surface area (Å²) in [5.41, 5.74) is 0. The van der Waals surface area contributed by atoms with E-state index in [0.717, 1.165) is 0 Å². The Morgan fingerprint density at radius 3 is 2.38 bits per heavy atom. The Balaban J connectivity index is 1.99. The molecule has 0 unspecified atom stereocenters. The minimum Gasteiger partial charge on any atom is -0.370 e. The average Bonchev–Trinajstić information content (AvgIpc) is 2.48. The molecule has 0 radical (unpaired) electrons. The molecule has 1 nitrogen and oxygen atoms in total. The van der Waals surface area contributed by atoms with Crippen LogP contribution in [0.25, 0.3) is 0 Å². The van der Waals surface area contributed by atoms with E-state index in [1.54, 1.807) is 0 Å². The Kier molecular flexibility index (Phi) is 1.90. The number of hydrogen-bond donors (Lipinski definition) is 0. The fourth-order valence-electron chi connectivity index (χ4n) is 1.08. The Morgan fingerprint density at radius 1 is 1.25 bits per heavy atom. The summed E-state index contributed by atoms with van der Waals surface area (Å²) in [4.78, 5) is 0. The van der Waals surface area contributed by atoms with Crippen LogP contribution in [0.1, 0.15) is 33.1 Å². The maximum Gasteiger partial charge on any atom is 0.0841 e. The van der Waals surface area contributed by atoms with E-state index in [0.29, 0.717) is 12.2 Å². The van der Waals surface area contributed by atoms with Crippen LogP contribution in [0.15, 0.2) is 0 Å². The lowest BCUT2D eigenvalue weighted by Gasteiger charge is -1.84. The first-order valence-corrected chi connectivity index (χ1v) is 3.54. The van der Waals surface area contributed by atoms with Gasteiger partial charge in [0.1, 0.15) is 0 Å². The van der Waals surface area contributed by atoms with Gasteiger partial charge in [0.2, 0.25) is 0 Å². The highest BCUT2D eigenvalue weighted by Crippen LogP contribution is 2.28. The molecule has 1 aliphatic heterocycles. The van der Waals surface area contributed by atoms with Crippen molar-refractivity contribution in [2.45, 2.75) is 45.3 Å². The van der Waals surface area contributed by atoms with E-state index in [1.807, 2.05) is 0 Å². The molecule has 1 heterocycles. The van der Waals surface area contributed by atoms with E-state index in [2.05, 4.69) is 13.8 Å². The molecular weight excluding hydrogens is 100 g/mol. The molecule has 8 heavy (non-hydrogen) atoms. The van der Waals surface area contributed by atoms with Gasteiger partial charge in [0.25, 0.3) is 0 Å². The van der Waals surface area contributed by atoms with Gasteiger partial charge in [-0.05, 0) is 12.8 Å². The highest BCUT2D eigenvalue weighted by molar-refractivity contribution is 4.82. The summed E-state index contributed by atoms with van der Waals surface area (Å²) in [6, 6.07) is 0. The maximum absolute atomic E-state index is 5.31. The van der Waals surface area contributed by atoms with E-state index < -0.39 is 0 Å². The van der Waals surface area contributed by atoms with Crippen molar-refractivity contribution in [1.82, 2.24) is 0 Å². The minimum absolute atomic E-state index is 0.620. The van der Waals surface area contributed by atoms with Gasteiger partial charge in [-0.2, -0.15) is 0 Å². The summed E-state index contributed by atoms with van der Waals surface area (Å²) in [5.74, 6) is 0. The molecule has 48 valence electrons. The summed E-state index contributed by atoms with van der Waals surface area (Å²) >= 11 is 0. The molecule has 0 spiro atoms. The molecule has 0 bridgehead atoms. The second-order valence-corrected chi connectivity index (χ2v) is 2.41. The molecule has 0 aliphatic carbocycles. The van der Waals surface area contributed by atoms with Crippen LogP contribution < -0.4 is 0 Å².